The summed E-state index contributed by atoms with van der Waals surface area (Å²) in [5.74, 6) is -0.488. The van der Waals surface area contributed by atoms with E-state index in [9.17, 15) is 4.39 Å². The van der Waals surface area contributed by atoms with Crippen molar-refractivity contribution in [1.82, 2.24) is 5.32 Å². The fraction of sp³-hybridized carbons (Fsp3) is 0.409. The van der Waals surface area contributed by atoms with Crippen LogP contribution in [0.5, 0.6) is 0 Å². The molecular weight excluding hydrogens is 357 g/mol. The van der Waals surface area contributed by atoms with Crippen LogP contribution in [0.1, 0.15) is 11.1 Å². The highest BCUT2D eigenvalue weighted by atomic mass is 19.1. The average Bonchev–Trinajstić information content (AvgIpc) is 2.75. The van der Waals surface area contributed by atoms with Gasteiger partial charge in [0.25, 0.3) is 0 Å². The first-order valence-electron chi connectivity index (χ1n) is 9.72. The van der Waals surface area contributed by atoms with Gasteiger partial charge < -0.3 is 19.7 Å². The number of halogens is 1. The summed E-state index contributed by atoms with van der Waals surface area (Å²) in [5, 5.41) is 12.4. The molecule has 146 valence electrons. The number of rotatable bonds is 4. The van der Waals surface area contributed by atoms with E-state index in [2.05, 4.69) is 28.4 Å². The molecule has 0 spiro atoms. The summed E-state index contributed by atoms with van der Waals surface area (Å²) in [5.41, 5.74) is 4.05. The van der Waals surface area contributed by atoms with Crippen molar-refractivity contribution in [3.8, 4) is 17.2 Å². The Kier molecular flexibility index (Phi) is 5.87. The van der Waals surface area contributed by atoms with Crippen molar-refractivity contribution in [3.05, 3.63) is 53.3 Å². The number of morpholine rings is 2. The van der Waals surface area contributed by atoms with Crippen molar-refractivity contribution >= 4 is 5.69 Å². The molecule has 2 aromatic carbocycles. The second-order valence-electron chi connectivity index (χ2n) is 7.16. The van der Waals surface area contributed by atoms with Crippen LogP contribution in [0.25, 0.3) is 11.1 Å². The van der Waals surface area contributed by atoms with E-state index in [1.807, 2.05) is 12.1 Å². The Morgan fingerprint density at radius 3 is 2.71 bits per heavy atom. The molecule has 28 heavy (non-hydrogen) atoms. The highest BCUT2D eigenvalue weighted by Crippen LogP contribution is 2.34. The van der Waals surface area contributed by atoms with Crippen LogP contribution in [0.4, 0.5) is 10.1 Å². The fourth-order valence-corrected chi connectivity index (χ4v) is 3.81. The van der Waals surface area contributed by atoms with Crippen LogP contribution >= 0.6 is 0 Å². The van der Waals surface area contributed by atoms with Crippen molar-refractivity contribution in [1.29, 1.82) is 5.26 Å². The predicted octanol–water partition coefficient (Wildman–Crippen LogP) is 2.73. The number of ether oxygens (including phenoxy) is 2. The molecule has 0 aromatic heterocycles. The van der Waals surface area contributed by atoms with Crippen LogP contribution in [0, 0.1) is 17.1 Å². The van der Waals surface area contributed by atoms with Crippen LogP contribution in [0.3, 0.4) is 0 Å². The van der Waals surface area contributed by atoms with Crippen LogP contribution in [0.2, 0.25) is 0 Å². The Bertz CT molecular complexity index is 869. The third kappa shape index (κ3) is 4.17. The number of nitriles is 1. The van der Waals surface area contributed by atoms with E-state index >= 15 is 0 Å². The largest absolute Gasteiger partial charge is 0.378 e. The Morgan fingerprint density at radius 2 is 2.00 bits per heavy atom. The molecule has 6 heteroatoms. The van der Waals surface area contributed by atoms with E-state index in [0.29, 0.717) is 13.2 Å². The minimum atomic E-state index is -0.488. The SMILES string of the molecule is N#Cc1ccc(-c2cc(CC3CNCCO3)ccc2N2CCOCC2)cc1F. The zero-order valence-electron chi connectivity index (χ0n) is 15.8. The molecule has 0 aliphatic carbocycles. The molecule has 1 N–H and O–H groups in total. The molecule has 2 heterocycles. The van der Waals surface area contributed by atoms with Gasteiger partial charge in [0.05, 0.1) is 31.5 Å². The number of benzene rings is 2. The van der Waals surface area contributed by atoms with E-state index < -0.39 is 5.82 Å². The van der Waals surface area contributed by atoms with Crippen molar-refractivity contribution in [3.63, 3.8) is 0 Å². The Labute approximate surface area is 164 Å². The molecule has 2 aliphatic heterocycles. The van der Waals surface area contributed by atoms with Gasteiger partial charge in [0.2, 0.25) is 0 Å². The van der Waals surface area contributed by atoms with E-state index in [-0.39, 0.29) is 11.7 Å². The van der Waals surface area contributed by atoms with Gasteiger partial charge in [-0.1, -0.05) is 12.1 Å². The molecule has 1 atom stereocenters. The fourth-order valence-electron chi connectivity index (χ4n) is 3.81. The predicted molar refractivity (Wildman–Crippen MR) is 106 cm³/mol. The highest BCUT2D eigenvalue weighted by molar-refractivity contribution is 5.80. The van der Waals surface area contributed by atoms with Crippen molar-refractivity contribution in [2.24, 2.45) is 0 Å². The summed E-state index contributed by atoms with van der Waals surface area (Å²) >= 11 is 0. The maximum Gasteiger partial charge on any atom is 0.141 e. The van der Waals surface area contributed by atoms with Crippen LogP contribution in [-0.2, 0) is 15.9 Å². The lowest BCUT2D eigenvalue weighted by Crippen LogP contribution is -2.39. The lowest BCUT2D eigenvalue weighted by atomic mass is 9.96. The van der Waals surface area contributed by atoms with Crippen LogP contribution < -0.4 is 10.2 Å². The molecule has 2 fully saturated rings. The van der Waals surface area contributed by atoms with Gasteiger partial charge in [-0.25, -0.2) is 4.39 Å². The number of hydrogen-bond donors (Lipinski definition) is 1. The maximum absolute atomic E-state index is 14.3. The van der Waals surface area contributed by atoms with Gasteiger partial charge in [-0.05, 0) is 41.8 Å². The molecule has 1 unspecified atom stereocenters. The molecule has 0 saturated carbocycles. The maximum atomic E-state index is 14.3. The van der Waals surface area contributed by atoms with Crippen LogP contribution in [0.15, 0.2) is 36.4 Å². The normalized spacial score (nSPS) is 20.0. The van der Waals surface area contributed by atoms with Crippen LogP contribution in [-0.4, -0.2) is 52.1 Å². The highest BCUT2D eigenvalue weighted by Gasteiger charge is 2.19. The smallest absolute Gasteiger partial charge is 0.141 e. The molecule has 0 amide bonds. The summed E-state index contributed by atoms with van der Waals surface area (Å²) in [4.78, 5) is 2.28. The molecular formula is C22H24FN3O2. The number of nitrogens with one attached hydrogen (secondary N) is 1. The minimum Gasteiger partial charge on any atom is -0.378 e. The standard InChI is InChI=1S/C22H24FN3O2/c23-21-13-17(2-3-18(21)14-24)20-12-16(11-19-15-25-5-8-28-19)1-4-22(20)26-6-9-27-10-7-26/h1-4,12-13,19,25H,5-11,15H2. The van der Waals surface area contributed by atoms with E-state index in [4.69, 9.17) is 14.7 Å². The zero-order valence-corrected chi connectivity index (χ0v) is 15.8. The Balaban J connectivity index is 1.69. The van der Waals surface area contributed by atoms with Crippen molar-refractivity contribution in [2.45, 2.75) is 12.5 Å². The van der Waals surface area contributed by atoms with Gasteiger partial charge in [0, 0.05) is 37.4 Å². The van der Waals surface area contributed by atoms with E-state index in [0.717, 1.165) is 61.6 Å². The first-order valence-corrected chi connectivity index (χ1v) is 9.72. The number of nitrogens with zero attached hydrogens (tertiary/aromatic N) is 2. The van der Waals surface area contributed by atoms with Crippen molar-refractivity contribution in [2.75, 3.05) is 50.9 Å². The van der Waals surface area contributed by atoms with Gasteiger partial charge >= 0.3 is 0 Å². The Hall–Kier alpha value is -2.46. The van der Waals surface area contributed by atoms with Gasteiger partial charge in [0.1, 0.15) is 11.9 Å². The number of anilines is 1. The third-order valence-corrected chi connectivity index (χ3v) is 5.28. The molecule has 0 radical (unpaired) electrons. The lowest BCUT2D eigenvalue weighted by molar-refractivity contribution is 0.0292. The molecule has 4 rings (SSSR count). The number of hydrogen-bond acceptors (Lipinski definition) is 5. The second kappa shape index (κ2) is 8.70. The van der Waals surface area contributed by atoms with Gasteiger partial charge in [-0.3, -0.25) is 0 Å². The molecule has 5 nitrogen and oxygen atoms in total. The Morgan fingerprint density at radius 1 is 1.14 bits per heavy atom. The van der Waals surface area contributed by atoms with E-state index in [1.54, 1.807) is 6.07 Å². The average molecular weight is 381 g/mol. The first-order chi connectivity index (χ1) is 13.7. The third-order valence-electron chi connectivity index (χ3n) is 5.28. The lowest BCUT2D eigenvalue weighted by Gasteiger charge is -2.31. The first kappa shape index (κ1) is 18.9. The van der Waals surface area contributed by atoms with E-state index in [1.165, 1.54) is 6.07 Å². The van der Waals surface area contributed by atoms with Gasteiger partial charge in [-0.15, -0.1) is 0 Å². The minimum absolute atomic E-state index is 0.0644. The molecule has 2 saturated heterocycles. The monoisotopic (exact) mass is 381 g/mol. The van der Waals surface area contributed by atoms with Gasteiger partial charge in [-0.2, -0.15) is 5.26 Å². The molecule has 2 aliphatic rings. The topological polar surface area (TPSA) is 57.5 Å². The summed E-state index contributed by atoms with van der Waals surface area (Å²) < 4.78 is 25.6. The van der Waals surface area contributed by atoms with Gasteiger partial charge in [0.15, 0.2) is 0 Å². The summed E-state index contributed by atoms with van der Waals surface area (Å²) in [6, 6.07) is 13.1. The van der Waals surface area contributed by atoms with Crippen molar-refractivity contribution < 1.29 is 13.9 Å². The molecule has 0 bridgehead atoms. The summed E-state index contributed by atoms with van der Waals surface area (Å²) in [6.45, 7) is 5.44. The quantitative estimate of drug-likeness (QED) is 0.883. The summed E-state index contributed by atoms with van der Waals surface area (Å²) in [6.07, 6.45) is 0.954. The summed E-state index contributed by atoms with van der Waals surface area (Å²) in [7, 11) is 0. The zero-order chi connectivity index (χ0) is 19.3. The molecule has 2 aromatic rings. The second-order valence-corrected chi connectivity index (χ2v) is 7.16.